The molecule has 2 heteroatoms. The van der Waals surface area contributed by atoms with E-state index >= 15 is 0 Å². The highest BCUT2D eigenvalue weighted by Crippen LogP contribution is 2.35. The maximum absolute atomic E-state index is 5.28. The number of aryl methyl sites for hydroxylation is 2. The fraction of sp³-hybridized carbons (Fsp3) is 0.143. The summed E-state index contributed by atoms with van der Waals surface area (Å²) in [5.41, 5.74) is 6.00. The maximum Gasteiger partial charge on any atom is 0.119 e. The fourth-order valence-corrected chi connectivity index (χ4v) is 2.62. The summed E-state index contributed by atoms with van der Waals surface area (Å²) >= 11 is 0. The quantitative estimate of drug-likeness (QED) is 0.605. The van der Waals surface area contributed by atoms with Crippen LogP contribution in [0.2, 0.25) is 0 Å². The molecule has 0 aliphatic carbocycles. The lowest BCUT2D eigenvalue weighted by molar-refractivity contribution is 0.415. The second-order valence-electron chi connectivity index (χ2n) is 5.64. The summed E-state index contributed by atoms with van der Waals surface area (Å²) in [5.74, 6) is 0.863. The van der Waals surface area contributed by atoms with E-state index in [1.807, 2.05) is 18.2 Å². The third kappa shape index (κ3) is 3.21. The highest BCUT2D eigenvalue weighted by Gasteiger charge is 2.12. The zero-order valence-corrected chi connectivity index (χ0v) is 13.8. The number of rotatable bonds is 4. The van der Waals surface area contributed by atoms with Gasteiger partial charge in [-0.2, -0.15) is 0 Å². The van der Waals surface area contributed by atoms with Crippen LogP contribution in [0, 0.1) is 13.8 Å². The fourth-order valence-electron chi connectivity index (χ4n) is 2.62. The largest absolute Gasteiger partial charge is 0.497 e. The van der Waals surface area contributed by atoms with E-state index in [0.717, 1.165) is 22.8 Å². The molecule has 0 fully saturated rings. The Morgan fingerprint density at radius 2 is 1.26 bits per heavy atom. The number of ether oxygens (including phenoxy) is 1. The van der Waals surface area contributed by atoms with Crippen molar-refractivity contribution in [3.63, 3.8) is 0 Å². The van der Waals surface area contributed by atoms with Crippen LogP contribution >= 0.6 is 0 Å². The van der Waals surface area contributed by atoms with Crippen molar-refractivity contribution in [1.29, 1.82) is 0 Å². The normalized spacial score (nSPS) is 10.4. The summed E-state index contributed by atoms with van der Waals surface area (Å²) in [6.45, 7) is 4.29. The third-order valence-electron chi connectivity index (χ3n) is 4.09. The summed E-state index contributed by atoms with van der Waals surface area (Å²) in [6, 6.07) is 25.1. The monoisotopic (exact) mass is 303 g/mol. The van der Waals surface area contributed by atoms with E-state index in [0.29, 0.717) is 0 Å². The van der Waals surface area contributed by atoms with Crippen molar-refractivity contribution < 1.29 is 4.74 Å². The van der Waals surface area contributed by atoms with Gasteiger partial charge in [-0.05, 0) is 73.5 Å². The Balaban J connectivity index is 2.11. The average molecular weight is 303 g/mol. The number of hydrogen-bond donors (Lipinski definition) is 0. The number of anilines is 3. The lowest BCUT2D eigenvalue weighted by atomic mass is 10.1. The van der Waals surface area contributed by atoms with Crippen LogP contribution in [0.25, 0.3) is 0 Å². The average Bonchev–Trinajstić information content (AvgIpc) is 2.60. The molecule has 2 nitrogen and oxygen atoms in total. The molecule has 0 N–H and O–H groups in total. The Kier molecular flexibility index (Phi) is 4.33. The van der Waals surface area contributed by atoms with Gasteiger partial charge in [0.1, 0.15) is 5.75 Å². The Hall–Kier alpha value is -2.74. The van der Waals surface area contributed by atoms with Crippen LogP contribution in [-0.4, -0.2) is 7.11 Å². The topological polar surface area (TPSA) is 12.5 Å². The molecular formula is C21H21NO. The first kappa shape index (κ1) is 15.2. The molecule has 0 aliphatic heterocycles. The van der Waals surface area contributed by atoms with Gasteiger partial charge in [0.2, 0.25) is 0 Å². The molecule has 3 aromatic rings. The highest BCUT2D eigenvalue weighted by molar-refractivity contribution is 5.77. The molecule has 0 radical (unpaired) electrons. The van der Waals surface area contributed by atoms with E-state index in [1.54, 1.807) is 7.11 Å². The molecule has 0 saturated heterocycles. The van der Waals surface area contributed by atoms with Crippen LogP contribution in [0.15, 0.2) is 72.8 Å². The van der Waals surface area contributed by atoms with E-state index < -0.39 is 0 Å². The SMILES string of the molecule is COc1ccc(N(c2ccccc2)c2ccc(C)c(C)c2)cc1. The number of methoxy groups -OCH3 is 1. The van der Waals surface area contributed by atoms with Crippen LogP contribution < -0.4 is 9.64 Å². The van der Waals surface area contributed by atoms with Crippen molar-refractivity contribution in [2.45, 2.75) is 13.8 Å². The molecule has 0 aromatic heterocycles. The molecule has 0 atom stereocenters. The van der Waals surface area contributed by atoms with Crippen molar-refractivity contribution in [3.05, 3.63) is 83.9 Å². The Labute approximate surface area is 138 Å². The van der Waals surface area contributed by atoms with Crippen LogP contribution in [0.1, 0.15) is 11.1 Å². The molecule has 0 bridgehead atoms. The van der Waals surface area contributed by atoms with Gasteiger partial charge in [0.25, 0.3) is 0 Å². The number of nitrogens with zero attached hydrogens (tertiary/aromatic N) is 1. The standard InChI is InChI=1S/C21H21NO/c1-16-9-10-20(15-17(16)2)22(18-7-5-4-6-8-18)19-11-13-21(23-3)14-12-19/h4-15H,1-3H3. The number of benzene rings is 3. The third-order valence-corrected chi connectivity index (χ3v) is 4.09. The predicted octanol–water partition coefficient (Wildman–Crippen LogP) is 5.78. The zero-order valence-electron chi connectivity index (χ0n) is 13.8. The van der Waals surface area contributed by atoms with Crippen LogP contribution in [-0.2, 0) is 0 Å². The van der Waals surface area contributed by atoms with Crippen LogP contribution in [0.5, 0.6) is 5.75 Å². The first-order valence-corrected chi connectivity index (χ1v) is 7.75. The molecular weight excluding hydrogens is 282 g/mol. The van der Waals surface area contributed by atoms with Gasteiger partial charge in [0.05, 0.1) is 7.11 Å². The van der Waals surface area contributed by atoms with Crippen molar-refractivity contribution >= 4 is 17.1 Å². The molecule has 0 amide bonds. The van der Waals surface area contributed by atoms with Gasteiger partial charge < -0.3 is 9.64 Å². The van der Waals surface area contributed by atoms with E-state index in [1.165, 1.54) is 11.1 Å². The summed E-state index contributed by atoms with van der Waals surface area (Å²) < 4.78 is 5.28. The van der Waals surface area contributed by atoms with Crippen molar-refractivity contribution in [2.24, 2.45) is 0 Å². The molecule has 0 unspecified atom stereocenters. The highest BCUT2D eigenvalue weighted by atomic mass is 16.5. The van der Waals surface area contributed by atoms with Crippen LogP contribution in [0.4, 0.5) is 17.1 Å². The van der Waals surface area contributed by atoms with E-state index in [-0.39, 0.29) is 0 Å². The van der Waals surface area contributed by atoms with Gasteiger partial charge in [-0.15, -0.1) is 0 Å². The lowest BCUT2D eigenvalue weighted by Crippen LogP contribution is -2.10. The summed E-state index contributed by atoms with van der Waals surface area (Å²) in [7, 11) is 1.69. The van der Waals surface area contributed by atoms with Crippen molar-refractivity contribution in [3.8, 4) is 5.75 Å². The maximum atomic E-state index is 5.28. The minimum Gasteiger partial charge on any atom is -0.497 e. The summed E-state index contributed by atoms with van der Waals surface area (Å²) in [4.78, 5) is 2.26. The summed E-state index contributed by atoms with van der Waals surface area (Å²) in [5, 5.41) is 0. The molecule has 116 valence electrons. The molecule has 23 heavy (non-hydrogen) atoms. The zero-order chi connectivity index (χ0) is 16.2. The second-order valence-corrected chi connectivity index (χ2v) is 5.64. The van der Waals surface area contributed by atoms with Gasteiger partial charge in [-0.25, -0.2) is 0 Å². The minimum absolute atomic E-state index is 0.863. The molecule has 3 rings (SSSR count). The molecule has 0 aliphatic rings. The smallest absolute Gasteiger partial charge is 0.119 e. The van der Waals surface area contributed by atoms with E-state index in [9.17, 15) is 0 Å². The Bertz CT molecular complexity index is 779. The van der Waals surface area contributed by atoms with Gasteiger partial charge in [-0.1, -0.05) is 24.3 Å². The Morgan fingerprint density at radius 1 is 0.652 bits per heavy atom. The molecule has 3 aromatic carbocycles. The molecule has 0 heterocycles. The second kappa shape index (κ2) is 6.57. The first-order chi connectivity index (χ1) is 11.2. The van der Waals surface area contributed by atoms with Gasteiger partial charge in [0, 0.05) is 17.1 Å². The lowest BCUT2D eigenvalue weighted by Gasteiger charge is -2.26. The molecule has 0 spiro atoms. The van der Waals surface area contributed by atoms with Gasteiger partial charge in [-0.3, -0.25) is 0 Å². The van der Waals surface area contributed by atoms with Crippen molar-refractivity contribution in [2.75, 3.05) is 12.0 Å². The first-order valence-electron chi connectivity index (χ1n) is 7.75. The van der Waals surface area contributed by atoms with E-state index in [2.05, 4.69) is 73.3 Å². The van der Waals surface area contributed by atoms with Gasteiger partial charge in [0.15, 0.2) is 0 Å². The van der Waals surface area contributed by atoms with Crippen LogP contribution in [0.3, 0.4) is 0 Å². The van der Waals surface area contributed by atoms with Crippen molar-refractivity contribution in [1.82, 2.24) is 0 Å². The Morgan fingerprint density at radius 3 is 1.87 bits per heavy atom. The van der Waals surface area contributed by atoms with E-state index in [4.69, 9.17) is 4.74 Å². The number of hydrogen-bond acceptors (Lipinski definition) is 2. The molecule has 0 saturated carbocycles. The van der Waals surface area contributed by atoms with Gasteiger partial charge >= 0.3 is 0 Å². The number of para-hydroxylation sites is 1. The predicted molar refractivity (Wildman–Crippen MR) is 97.2 cm³/mol. The minimum atomic E-state index is 0.863. The summed E-state index contributed by atoms with van der Waals surface area (Å²) in [6.07, 6.45) is 0.